The van der Waals surface area contributed by atoms with Gasteiger partial charge in [-0.1, -0.05) is 29.8 Å². The third-order valence-corrected chi connectivity index (χ3v) is 4.52. The SMILES string of the molecule is CC1(C)CCC2(CC2Br)C1. The van der Waals surface area contributed by atoms with Crippen molar-refractivity contribution in [3.8, 4) is 0 Å². The van der Waals surface area contributed by atoms with Gasteiger partial charge in [0.1, 0.15) is 0 Å². The average Bonchev–Trinajstić information content (AvgIpc) is 2.25. The molecule has 0 amide bonds. The van der Waals surface area contributed by atoms with Crippen molar-refractivity contribution in [1.82, 2.24) is 0 Å². The fourth-order valence-electron chi connectivity index (χ4n) is 2.46. The first-order valence-corrected chi connectivity index (χ1v) is 5.10. The molecule has 0 aromatic rings. The Morgan fingerprint density at radius 2 is 1.90 bits per heavy atom. The average molecular weight is 203 g/mol. The summed E-state index contributed by atoms with van der Waals surface area (Å²) in [6, 6.07) is 0. The van der Waals surface area contributed by atoms with E-state index < -0.39 is 0 Å². The Morgan fingerprint density at radius 1 is 1.30 bits per heavy atom. The summed E-state index contributed by atoms with van der Waals surface area (Å²) >= 11 is 3.72. The Balaban J connectivity index is 2.08. The number of rotatable bonds is 0. The molecular formula is C9H15Br. The van der Waals surface area contributed by atoms with E-state index in [1.54, 1.807) is 0 Å². The highest BCUT2D eigenvalue weighted by Gasteiger charge is 2.58. The van der Waals surface area contributed by atoms with E-state index >= 15 is 0 Å². The van der Waals surface area contributed by atoms with E-state index in [1.165, 1.54) is 25.7 Å². The second-order valence-corrected chi connectivity index (χ2v) is 5.98. The molecule has 0 heterocycles. The first-order chi connectivity index (χ1) is 4.54. The normalized spacial score (nSPS) is 50.1. The molecule has 2 unspecified atom stereocenters. The highest BCUT2D eigenvalue weighted by atomic mass is 79.9. The second kappa shape index (κ2) is 1.80. The summed E-state index contributed by atoms with van der Waals surface area (Å²) in [5.74, 6) is 0. The third kappa shape index (κ3) is 0.939. The number of hydrogen-bond donors (Lipinski definition) is 0. The van der Waals surface area contributed by atoms with Crippen LogP contribution in [0, 0.1) is 10.8 Å². The molecule has 0 nitrogen and oxygen atoms in total. The molecule has 1 heteroatoms. The van der Waals surface area contributed by atoms with Gasteiger partial charge in [-0.15, -0.1) is 0 Å². The monoisotopic (exact) mass is 202 g/mol. The van der Waals surface area contributed by atoms with Crippen molar-refractivity contribution >= 4 is 15.9 Å². The van der Waals surface area contributed by atoms with Gasteiger partial charge in [0.25, 0.3) is 0 Å². The van der Waals surface area contributed by atoms with Crippen LogP contribution in [-0.4, -0.2) is 4.83 Å². The van der Waals surface area contributed by atoms with Crippen molar-refractivity contribution in [3.05, 3.63) is 0 Å². The van der Waals surface area contributed by atoms with Gasteiger partial charge in [0.15, 0.2) is 0 Å². The molecule has 0 aromatic carbocycles. The Bertz CT molecular complexity index is 162. The molecule has 0 aliphatic heterocycles. The Kier molecular flexibility index (Phi) is 1.28. The lowest BCUT2D eigenvalue weighted by molar-refractivity contribution is 0.355. The molecule has 0 N–H and O–H groups in total. The minimum absolute atomic E-state index is 0.641. The largest absolute Gasteiger partial charge is 0.0884 e. The van der Waals surface area contributed by atoms with Crippen LogP contribution in [0.5, 0.6) is 0 Å². The maximum absolute atomic E-state index is 3.72. The van der Waals surface area contributed by atoms with Crippen molar-refractivity contribution in [2.24, 2.45) is 10.8 Å². The molecule has 10 heavy (non-hydrogen) atoms. The molecule has 0 bridgehead atoms. The topological polar surface area (TPSA) is 0 Å². The second-order valence-electron chi connectivity index (χ2n) is 4.88. The van der Waals surface area contributed by atoms with Crippen molar-refractivity contribution in [2.45, 2.75) is 44.4 Å². The fourth-order valence-corrected chi connectivity index (χ4v) is 3.49. The van der Waals surface area contributed by atoms with Crippen LogP contribution in [-0.2, 0) is 0 Å². The molecule has 0 radical (unpaired) electrons. The zero-order valence-electron chi connectivity index (χ0n) is 6.78. The quantitative estimate of drug-likeness (QED) is 0.529. The summed E-state index contributed by atoms with van der Waals surface area (Å²) in [5.41, 5.74) is 1.39. The van der Waals surface area contributed by atoms with E-state index in [1.807, 2.05) is 0 Å². The van der Waals surface area contributed by atoms with Gasteiger partial charge in [0.05, 0.1) is 0 Å². The Morgan fingerprint density at radius 3 is 2.10 bits per heavy atom. The molecule has 1 spiro atoms. The number of halogens is 1. The smallest absolute Gasteiger partial charge is 0.0208 e. The number of hydrogen-bond acceptors (Lipinski definition) is 0. The third-order valence-electron chi connectivity index (χ3n) is 3.22. The van der Waals surface area contributed by atoms with Crippen molar-refractivity contribution < 1.29 is 0 Å². The molecular weight excluding hydrogens is 188 g/mol. The van der Waals surface area contributed by atoms with Gasteiger partial charge >= 0.3 is 0 Å². The molecule has 58 valence electrons. The zero-order chi connectivity index (χ0) is 7.41. The standard InChI is InChI=1S/C9H15Br/c1-8(2)3-4-9(6-8)5-7(9)10/h7H,3-6H2,1-2H3. The highest BCUT2D eigenvalue weighted by molar-refractivity contribution is 9.09. The lowest BCUT2D eigenvalue weighted by atomic mass is 9.90. The lowest BCUT2D eigenvalue weighted by Crippen LogP contribution is -2.06. The van der Waals surface area contributed by atoms with Crippen molar-refractivity contribution in [2.75, 3.05) is 0 Å². The van der Waals surface area contributed by atoms with Crippen molar-refractivity contribution in [3.63, 3.8) is 0 Å². The summed E-state index contributed by atoms with van der Waals surface area (Å²) in [4.78, 5) is 0.863. The van der Waals surface area contributed by atoms with Crippen LogP contribution < -0.4 is 0 Å². The lowest BCUT2D eigenvalue weighted by Gasteiger charge is -2.16. The van der Waals surface area contributed by atoms with Crippen LogP contribution in [0.2, 0.25) is 0 Å². The van der Waals surface area contributed by atoms with Crippen LogP contribution >= 0.6 is 15.9 Å². The number of alkyl halides is 1. The summed E-state index contributed by atoms with van der Waals surface area (Å²) < 4.78 is 0. The first-order valence-electron chi connectivity index (χ1n) is 4.18. The van der Waals surface area contributed by atoms with Crippen LogP contribution in [0.3, 0.4) is 0 Å². The summed E-state index contributed by atoms with van der Waals surface area (Å²) in [7, 11) is 0. The maximum Gasteiger partial charge on any atom is 0.0208 e. The summed E-state index contributed by atoms with van der Waals surface area (Å²) in [6.45, 7) is 4.81. The van der Waals surface area contributed by atoms with E-state index in [-0.39, 0.29) is 0 Å². The molecule has 2 atom stereocenters. The zero-order valence-corrected chi connectivity index (χ0v) is 8.37. The van der Waals surface area contributed by atoms with E-state index in [0.29, 0.717) is 5.41 Å². The van der Waals surface area contributed by atoms with Gasteiger partial charge in [0, 0.05) is 4.83 Å². The molecule has 2 saturated carbocycles. The molecule has 0 saturated heterocycles. The van der Waals surface area contributed by atoms with Gasteiger partial charge in [0.2, 0.25) is 0 Å². The van der Waals surface area contributed by atoms with Crippen molar-refractivity contribution in [1.29, 1.82) is 0 Å². The minimum atomic E-state index is 0.641. The molecule has 2 rings (SSSR count). The minimum Gasteiger partial charge on any atom is -0.0884 e. The molecule has 2 fully saturated rings. The van der Waals surface area contributed by atoms with Crippen LogP contribution in [0.4, 0.5) is 0 Å². The predicted octanol–water partition coefficient (Wildman–Crippen LogP) is 3.35. The Hall–Kier alpha value is 0.480. The van der Waals surface area contributed by atoms with Gasteiger partial charge in [-0.2, -0.15) is 0 Å². The van der Waals surface area contributed by atoms with Gasteiger partial charge in [-0.25, -0.2) is 0 Å². The molecule has 2 aliphatic rings. The van der Waals surface area contributed by atoms with E-state index in [4.69, 9.17) is 0 Å². The van der Waals surface area contributed by atoms with Gasteiger partial charge in [-0.05, 0) is 36.5 Å². The van der Waals surface area contributed by atoms with E-state index in [0.717, 1.165) is 10.2 Å². The van der Waals surface area contributed by atoms with E-state index in [9.17, 15) is 0 Å². The van der Waals surface area contributed by atoms with E-state index in [2.05, 4.69) is 29.8 Å². The highest BCUT2D eigenvalue weighted by Crippen LogP contribution is 2.66. The Labute approximate surface area is 71.5 Å². The van der Waals surface area contributed by atoms with Gasteiger partial charge < -0.3 is 0 Å². The maximum atomic E-state index is 3.72. The molecule has 2 aliphatic carbocycles. The van der Waals surface area contributed by atoms with Crippen LogP contribution in [0.25, 0.3) is 0 Å². The van der Waals surface area contributed by atoms with Gasteiger partial charge in [-0.3, -0.25) is 0 Å². The fraction of sp³-hybridized carbons (Fsp3) is 1.00. The van der Waals surface area contributed by atoms with Crippen LogP contribution in [0.1, 0.15) is 39.5 Å². The van der Waals surface area contributed by atoms with Crippen LogP contribution in [0.15, 0.2) is 0 Å². The summed E-state index contributed by atoms with van der Waals surface area (Å²) in [5, 5.41) is 0. The molecule has 0 aromatic heterocycles. The predicted molar refractivity (Wildman–Crippen MR) is 47.4 cm³/mol. The summed E-state index contributed by atoms with van der Waals surface area (Å²) in [6.07, 6.45) is 5.80. The first kappa shape index (κ1) is 7.15.